The molecule has 1 aliphatic carbocycles. The zero-order valence-corrected chi connectivity index (χ0v) is 11.6. The van der Waals surface area contributed by atoms with Crippen LogP contribution in [0.25, 0.3) is 0 Å². The Balaban J connectivity index is 1.94. The summed E-state index contributed by atoms with van der Waals surface area (Å²) in [5, 5.41) is 4.16. The van der Waals surface area contributed by atoms with E-state index in [2.05, 4.69) is 24.0 Å². The highest BCUT2D eigenvalue weighted by Crippen LogP contribution is 2.38. The highest BCUT2D eigenvalue weighted by molar-refractivity contribution is 5.00. The highest BCUT2D eigenvalue weighted by Gasteiger charge is 2.28. The van der Waals surface area contributed by atoms with E-state index < -0.39 is 0 Å². The third kappa shape index (κ3) is 3.10. The van der Waals surface area contributed by atoms with Gasteiger partial charge in [-0.2, -0.15) is 4.98 Å². The van der Waals surface area contributed by atoms with Gasteiger partial charge in [-0.25, -0.2) is 0 Å². The number of hydrogen-bond acceptors (Lipinski definition) is 4. The molecule has 102 valence electrons. The predicted octanol–water partition coefficient (Wildman–Crippen LogP) is 2.89. The molecule has 1 fully saturated rings. The van der Waals surface area contributed by atoms with Crippen LogP contribution in [0, 0.1) is 11.8 Å². The summed E-state index contributed by atoms with van der Waals surface area (Å²) < 4.78 is 5.36. The van der Waals surface area contributed by atoms with E-state index >= 15 is 0 Å². The van der Waals surface area contributed by atoms with Gasteiger partial charge in [0.05, 0.1) is 0 Å². The first-order valence-electron chi connectivity index (χ1n) is 7.29. The van der Waals surface area contributed by atoms with Crippen molar-refractivity contribution in [2.75, 3.05) is 6.54 Å². The van der Waals surface area contributed by atoms with Gasteiger partial charge < -0.3 is 10.3 Å². The highest BCUT2D eigenvalue weighted by atomic mass is 16.5. The second kappa shape index (κ2) is 6.32. The summed E-state index contributed by atoms with van der Waals surface area (Å²) in [5.74, 6) is 3.52. The molecule has 0 aromatic carbocycles. The van der Waals surface area contributed by atoms with Crippen LogP contribution < -0.4 is 5.73 Å². The van der Waals surface area contributed by atoms with Crippen LogP contribution in [0.15, 0.2) is 4.52 Å². The molecule has 4 nitrogen and oxygen atoms in total. The molecule has 2 N–H and O–H groups in total. The molecule has 3 atom stereocenters. The van der Waals surface area contributed by atoms with E-state index in [4.69, 9.17) is 10.3 Å². The lowest BCUT2D eigenvalue weighted by Crippen LogP contribution is -2.16. The minimum atomic E-state index is 0.463. The van der Waals surface area contributed by atoms with E-state index in [1.54, 1.807) is 0 Å². The van der Waals surface area contributed by atoms with Gasteiger partial charge in [0.1, 0.15) is 0 Å². The number of hydrogen-bond donors (Lipinski definition) is 1. The van der Waals surface area contributed by atoms with Crippen LogP contribution in [0.5, 0.6) is 0 Å². The molecule has 0 aliphatic heterocycles. The van der Waals surface area contributed by atoms with Gasteiger partial charge in [0.2, 0.25) is 5.89 Å². The number of rotatable bonds is 6. The Morgan fingerprint density at radius 2 is 2.22 bits per heavy atom. The number of nitrogens with two attached hydrogens (primary N) is 1. The molecule has 18 heavy (non-hydrogen) atoms. The number of aromatic nitrogens is 2. The van der Waals surface area contributed by atoms with Gasteiger partial charge in [0.25, 0.3) is 0 Å². The van der Waals surface area contributed by atoms with Crippen LogP contribution in [0.4, 0.5) is 0 Å². The van der Waals surface area contributed by atoms with Crippen molar-refractivity contribution in [1.29, 1.82) is 0 Å². The third-order valence-corrected chi connectivity index (χ3v) is 4.34. The maximum Gasteiger partial charge on any atom is 0.226 e. The quantitative estimate of drug-likeness (QED) is 0.844. The van der Waals surface area contributed by atoms with Crippen LogP contribution in [-0.2, 0) is 6.42 Å². The Labute approximate surface area is 109 Å². The van der Waals surface area contributed by atoms with Crippen molar-refractivity contribution in [2.24, 2.45) is 17.6 Å². The van der Waals surface area contributed by atoms with Gasteiger partial charge in [-0.15, -0.1) is 0 Å². The van der Waals surface area contributed by atoms with Crippen LogP contribution >= 0.6 is 0 Å². The lowest BCUT2D eigenvalue weighted by Gasteiger charge is -2.07. The molecular formula is C14H25N3O. The van der Waals surface area contributed by atoms with Crippen molar-refractivity contribution in [3.8, 4) is 0 Å². The molecule has 0 spiro atoms. The van der Waals surface area contributed by atoms with Gasteiger partial charge in [0, 0.05) is 12.3 Å². The second-order valence-corrected chi connectivity index (χ2v) is 5.54. The minimum Gasteiger partial charge on any atom is -0.339 e. The molecule has 1 aromatic rings. The molecule has 0 amide bonds. The van der Waals surface area contributed by atoms with E-state index in [1.165, 1.54) is 25.7 Å². The van der Waals surface area contributed by atoms with Crippen molar-refractivity contribution in [3.63, 3.8) is 0 Å². The van der Waals surface area contributed by atoms with Crippen molar-refractivity contribution in [1.82, 2.24) is 10.1 Å². The molecule has 3 unspecified atom stereocenters. The fourth-order valence-corrected chi connectivity index (χ4v) is 2.84. The molecule has 4 heteroatoms. The van der Waals surface area contributed by atoms with Gasteiger partial charge in [-0.05, 0) is 37.6 Å². The Hall–Kier alpha value is -0.900. The maximum absolute atomic E-state index is 5.71. The molecule has 1 aromatic heterocycles. The van der Waals surface area contributed by atoms with Crippen molar-refractivity contribution in [3.05, 3.63) is 11.7 Å². The second-order valence-electron chi connectivity index (χ2n) is 5.54. The first-order valence-corrected chi connectivity index (χ1v) is 7.29. The monoisotopic (exact) mass is 251 g/mol. The summed E-state index contributed by atoms with van der Waals surface area (Å²) in [5.41, 5.74) is 5.71. The van der Waals surface area contributed by atoms with Crippen molar-refractivity contribution >= 4 is 0 Å². The van der Waals surface area contributed by atoms with Crippen LogP contribution in [-0.4, -0.2) is 16.7 Å². The average molecular weight is 251 g/mol. The lowest BCUT2D eigenvalue weighted by atomic mass is 10.0. The summed E-state index contributed by atoms with van der Waals surface area (Å²) in [6.45, 7) is 5.11. The molecule has 1 heterocycles. The van der Waals surface area contributed by atoms with Crippen LogP contribution in [0.2, 0.25) is 0 Å². The summed E-state index contributed by atoms with van der Waals surface area (Å²) in [6, 6.07) is 0. The van der Waals surface area contributed by atoms with Gasteiger partial charge in [-0.3, -0.25) is 0 Å². The van der Waals surface area contributed by atoms with Gasteiger partial charge in [-0.1, -0.05) is 31.8 Å². The average Bonchev–Trinajstić information content (AvgIpc) is 3.04. The molecule has 1 aliphatic rings. The summed E-state index contributed by atoms with van der Waals surface area (Å²) in [4.78, 5) is 4.56. The van der Waals surface area contributed by atoms with Crippen LogP contribution in [0.1, 0.15) is 63.6 Å². The normalized spacial score (nSPS) is 25.5. The summed E-state index contributed by atoms with van der Waals surface area (Å²) in [6.07, 6.45) is 6.91. The van der Waals surface area contributed by atoms with Crippen LogP contribution in [0.3, 0.4) is 0 Å². The van der Waals surface area contributed by atoms with E-state index in [0.717, 1.165) is 30.5 Å². The Morgan fingerprint density at radius 3 is 2.83 bits per heavy atom. The molecule has 0 radical (unpaired) electrons. The Kier molecular flexibility index (Phi) is 4.75. The Morgan fingerprint density at radius 1 is 1.39 bits per heavy atom. The molecular weight excluding hydrogens is 226 g/mol. The molecule has 0 bridgehead atoms. The molecule has 2 rings (SSSR count). The number of nitrogens with zero attached hydrogens (tertiary/aromatic N) is 2. The summed E-state index contributed by atoms with van der Waals surface area (Å²) >= 11 is 0. The van der Waals surface area contributed by atoms with E-state index in [-0.39, 0.29) is 0 Å². The first-order chi connectivity index (χ1) is 8.76. The van der Waals surface area contributed by atoms with Crippen molar-refractivity contribution < 1.29 is 4.52 Å². The molecule has 0 saturated heterocycles. The standard InChI is InChI=1S/C14H25N3O/c1-3-10-5-6-12(7-10)14-16-13(18-17-14)8-11(4-2)9-15/h10-12H,3-9,15H2,1-2H3. The summed E-state index contributed by atoms with van der Waals surface area (Å²) in [7, 11) is 0. The van der Waals surface area contributed by atoms with E-state index in [0.29, 0.717) is 18.4 Å². The Bertz CT molecular complexity index is 360. The fraction of sp³-hybridized carbons (Fsp3) is 0.857. The van der Waals surface area contributed by atoms with Crippen molar-refractivity contribution in [2.45, 2.75) is 58.3 Å². The van der Waals surface area contributed by atoms with E-state index in [9.17, 15) is 0 Å². The zero-order chi connectivity index (χ0) is 13.0. The first kappa shape index (κ1) is 13.5. The topological polar surface area (TPSA) is 64.9 Å². The largest absolute Gasteiger partial charge is 0.339 e. The maximum atomic E-state index is 5.71. The molecule has 1 saturated carbocycles. The van der Waals surface area contributed by atoms with Gasteiger partial charge >= 0.3 is 0 Å². The smallest absolute Gasteiger partial charge is 0.226 e. The lowest BCUT2D eigenvalue weighted by molar-refractivity contribution is 0.344. The zero-order valence-electron chi connectivity index (χ0n) is 11.6. The SMILES string of the molecule is CCC(CN)Cc1nc(C2CCC(CC)C2)no1. The minimum absolute atomic E-state index is 0.463. The van der Waals surface area contributed by atoms with Gasteiger partial charge in [0.15, 0.2) is 5.82 Å². The van der Waals surface area contributed by atoms with E-state index in [1.807, 2.05) is 0 Å². The third-order valence-electron chi connectivity index (χ3n) is 4.34. The predicted molar refractivity (Wildman–Crippen MR) is 71.2 cm³/mol. The fourth-order valence-electron chi connectivity index (χ4n) is 2.84.